The number of ketones is 1. The van der Waals surface area contributed by atoms with E-state index in [-0.39, 0.29) is 5.78 Å². The van der Waals surface area contributed by atoms with Gasteiger partial charge in [-0.2, -0.15) is 0 Å². The zero-order chi connectivity index (χ0) is 19.5. The molecule has 0 saturated carbocycles. The third kappa shape index (κ3) is 4.03. The smallest absolute Gasteiger partial charge is 0.167 e. The third-order valence-corrected chi connectivity index (χ3v) is 6.24. The zero-order valence-electron chi connectivity index (χ0n) is 17.2. The molecule has 0 unspecified atom stereocenters. The maximum Gasteiger partial charge on any atom is 0.167 e. The Hall–Kier alpha value is -2.04. The molecule has 0 amide bonds. The lowest BCUT2D eigenvalue weighted by Crippen LogP contribution is -2.30. The lowest BCUT2D eigenvalue weighted by molar-refractivity contribution is -0.112. The summed E-state index contributed by atoms with van der Waals surface area (Å²) >= 11 is 0. The number of likely N-dealkylation sites (N-methyl/N-ethyl adjacent to an activating group) is 1. The van der Waals surface area contributed by atoms with E-state index in [0.717, 1.165) is 56.7 Å². The van der Waals surface area contributed by atoms with Gasteiger partial charge in [-0.15, -0.1) is 0 Å². The van der Waals surface area contributed by atoms with Gasteiger partial charge in [-0.25, -0.2) is 0 Å². The Morgan fingerprint density at radius 3 is 2.68 bits per heavy atom. The quantitative estimate of drug-likeness (QED) is 0.731. The predicted molar refractivity (Wildman–Crippen MR) is 116 cm³/mol. The fraction of sp³-hybridized carbons (Fsp3) is 0.500. The lowest BCUT2D eigenvalue weighted by atomic mass is 9.97. The first kappa shape index (κ1) is 19.3. The second-order valence-electron chi connectivity index (χ2n) is 8.10. The van der Waals surface area contributed by atoms with Gasteiger partial charge in [0.15, 0.2) is 5.78 Å². The molecular weight excluding hydrogens is 346 g/mol. The van der Waals surface area contributed by atoms with Crippen molar-refractivity contribution in [3.8, 4) is 0 Å². The number of nitrogens with zero attached hydrogens (tertiary/aromatic N) is 3. The van der Waals surface area contributed by atoms with Crippen molar-refractivity contribution in [2.45, 2.75) is 46.1 Å². The summed E-state index contributed by atoms with van der Waals surface area (Å²) in [4.78, 5) is 22.4. The standard InChI is InChI=1S/C24H31N3O/c1-3-21-13-18(16-25-21)14-22-23(28)15-19-7-5-8-20(24(19)22)17-27-10-6-9-26(4-2)11-12-27/h5,7-8,14,16H,3-4,6,9-13,15,17H2,1-2H3/b22-14+. The number of carbonyl (C=O) groups excluding carboxylic acids is 1. The molecule has 1 aromatic carbocycles. The molecule has 4 rings (SSSR count). The first-order valence-corrected chi connectivity index (χ1v) is 10.7. The molecule has 148 valence electrons. The highest BCUT2D eigenvalue weighted by Crippen LogP contribution is 2.35. The summed E-state index contributed by atoms with van der Waals surface area (Å²) in [5, 5.41) is 0. The number of hydrogen-bond donors (Lipinski definition) is 0. The Kier molecular flexibility index (Phi) is 5.88. The molecule has 1 saturated heterocycles. The minimum atomic E-state index is 0.251. The fourth-order valence-electron chi connectivity index (χ4n) is 4.57. The van der Waals surface area contributed by atoms with Crippen LogP contribution in [0.1, 0.15) is 49.8 Å². The van der Waals surface area contributed by atoms with Crippen molar-refractivity contribution in [2.24, 2.45) is 4.99 Å². The van der Waals surface area contributed by atoms with E-state index in [0.29, 0.717) is 6.42 Å². The summed E-state index contributed by atoms with van der Waals surface area (Å²) in [6.07, 6.45) is 7.65. The molecule has 0 bridgehead atoms. The Labute approximate surface area is 168 Å². The summed E-state index contributed by atoms with van der Waals surface area (Å²) < 4.78 is 0. The average Bonchev–Trinajstić information content (AvgIpc) is 3.20. The summed E-state index contributed by atoms with van der Waals surface area (Å²) in [5.74, 6) is 0.251. The third-order valence-electron chi connectivity index (χ3n) is 6.24. The fourth-order valence-corrected chi connectivity index (χ4v) is 4.57. The van der Waals surface area contributed by atoms with E-state index in [2.05, 4.69) is 52.9 Å². The van der Waals surface area contributed by atoms with Crippen LogP contribution >= 0.6 is 0 Å². The van der Waals surface area contributed by atoms with E-state index in [9.17, 15) is 4.79 Å². The van der Waals surface area contributed by atoms with Crippen molar-refractivity contribution in [1.82, 2.24) is 9.80 Å². The number of rotatable bonds is 5. The van der Waals surface area contributed by atoms with Crippen LogP contribution in [-0.4, -0.2) is 54.0 Å². The van der Waals surface area contributed by atoms with E-state index in [4.69, 9.17) is 0 Å². The van der Waals surface area contributed by atoms with Gasteiger partial charge in [0.1, 0.15) is 0 Å². The maximum absolute atomic E-state index is 12.8. The van der Waals surface area contributed by atoms with Crippen molar-refractivity contribution in [3.63, 3.8) is 0 Å². The van der Waals surface area contributed by atoms with Crippen LogP contribution in [-0.2, 0) is 17.8 Å². The van der Waals surface area contributed by atoms with E-state index in [1.54, 1.807) is 0 Å². The highest BCUT2D eigenvalue weighted by molar-refractivity contribution is 6.26. The molecule has 0 spiro atoms. The molecule has 1 fully saturated rings. The Morgan fingerprint density at radius 1 is 1.07 bits per heavy atom. The average molecular weight is 378 g/mol. The van der Waals surface area contributed by atoms with Crippen LogP contribution in [0.25, 0.3) is 5.57 Å². The Bertz CT molecular complexity index is 849. The van der Waals surface area contributed by atoms with Crippen LogP contribution in [0.3, 0.4) is 0 Å². The first-order chi connectivity index (χ1) is 13.7. The molecule has 0 radical (unpaired) electrons. The summed E-state index contributed by atoms with van der Waals surface area (Å²) in [6.45, 7) is 11.0. The van der Waals surface area contributed by atoms with Gasteiger partial charge in [-0.05, 0) is 60.8 Å². The first-order valence-electron chi connectivity index (χ1n) is 10.7. The van der Waals surface area contributed by atoms with Crippen LogP contribution in [0, 0.1) is 0 Å². The summed E-state index contributed by atoms with van der Waals surface area (Å²) in [6, 6.07) is 6.45. The van der Waals surface area contributed by atoms with E-state index < -0.39 is 0 Å². The van der Waals surface area contributed by atoms with Crippen molar-refractivity contribution in [3.05, 3.63) is 52.7 Å². The molecule has 3 aliphatic rings. The maximum atomic E-state index is 12.8. The molecule has 1 aromatic rings. The highest BCUT2D eigenvalue weighted by Gasteiger charge is 2.28. The van der Waals surface area contributed by atoms with Gasteiger partial charge >= 0.3 is 0 Å². The number of Topliss-reactive ketones (excluding diaryl/α,β-unsaturated/α-hetero) is 1. The molecule has 28 heavy (non-hydrogen) atoms. The molecule has 1 aliphatic carbocycles. The highest BCUT2D eigenvalue weighted by atomic mass is 16.1. The second kappa shape index (κ2) is 8.54. The zero-order valence-corrected chi connectivity index (χ0v) is 17.2. The lowest BCUT2D eigenvalue weighted by Gasteiger charge is -2.22. The van der Waals surface area contributed by atoms with Crippen molar-refractivity contribution in [1.29, 1.82) is 0 Å². The molecule has 4 nitrogen and oxygen atoms in total. The molecule has 2 heterocycles. The van der Waals surface area contributed by atoms with Crippen LogP contribution in [0.2, 0.25) is 0 Å². The van der Waals surface area contributed by atoms with Crippen molar-refractivity contribution < 1.29 is 4.79 Å². The largest absolute Gasteiger partial charge is 0.302 e. The van der Waals surface area contributed by atoms with Gasteiger partial charge in [0.25, 0.3) is 0 Å². The number of hydrogen-bond acceptors (Lipinski definition) is 4. The van der Waals surface area contributed by atoms with Gasteiger partial charge in [0.2, 0.25) is 0 Å². The minimum Gasteiger partial charge on any atom is -0.302 e. The summed E-state index contributed by atoms with van der Waals surface area (Å²) in [5.41, 5.74) is 6.94. The van der Waals surface area contributed by atoms with E-state index in [1.807, 2.05) is 6.20 Å². The number of aliphatic imine (C=N–C) groups is 1. The normalized spacial score (nSPS) is 22.4. The van der Waals surface area contributed by atoms with Gasteiger partial charge in [0, 0.05) is 50.0 Å². The van der Waals surface area contributed by atoms with Gasteiger partial charge < -0.3 is 4.90 Å². The van der Waals surface area contributed by atoms with Crippen molar-refractivity contribution in [2.75, 3.05) is 32.7 Å². The second-order valence-corrected chi connectivity index (χ2v) is 8.10. The molecular formula is C24H31N3O. The van der Waals surface area contributed by atoms with Gasteiger partial charge in [-0.3, -0.25) is 14.7 Å². The number of carbonyl (C=O) groups is 1. The Morgan fingerprint density at radius 2 is 1.89 bits per heavy atom. The molecule has 0 atom stereocenters. The topological polar surface area (TPSA) is 35.9 Å². The van der Waals surface area contributed by atoms with Crippen LogP contribution in [0.15, 0.2) is 41.0 Å². The molecule has 2 aliphatic heterocycles. The molecule has 0 aromatic heterocycles. The summed E-state index contributed by atoms with van der Waals surface area (Å²) in [7, 11) is 0. The molecule has 4 heteroatoms. The van der Waals surface area contributed by atoms with Crippen LogP contribution < -0.4 is 0 Å². The SMILES string of the molecule is CCC1=NC=C(/C=C2\C(=O)Cc3cccc(CN4CCCN(CC)CC4)c32)C1. The van der Waals surface area contributed by atoms with Crippen LogP contribution in [0.4, 0.5) is 0 Å². The van der Waals surface area contributed by atoms with Gasteiger partial charge in [0.05, 0.1) is 0 Å². The number of benzene rings is 1. The van der Waals surface area contributed by atoms with Gasteiger partial charge in [-0.1, -0.05) is 32.0 Å². The van der Waals surface area contributed by atoms with E-state index >= 15 is 0 Å². The monoisotopic (exact) mass is 377 g/mol. The van der Waals surface area contributed by atoms with Crippen LogP contribution in [0.5, 0.6) is 0 Å². The molecule has 0 N–H and O–H groups in total. The minimum absolute atomic E-state index is 0.251. The number of allylic oxidation sites excluding steroid dienone is 3. The van der Waals surface area contributed by atoms with E-state index in [1.165, 1.54) is 35.4 Å². The number of fused-ring (bicyclic) bond motifs is 1. The van der Waals surface area contributed by atoms with Crippen molar-refractivity contribution >= 4 is 17.1 Å². The Balaban J connectivity index is 1.57. The predicted octanol–water partition coefficient (Wildman–Crippen LogP) is 3.86.